The molecular weight excluding hydrogens is 192 g/mol. The van der Waals surface area contributed by atoms with E-state index in [1.54, 1.807) is 13.0 Å². The molecule has 0 saturated carbocycles. The fraction of sp³-hybridized carbons (Fsp3) is 0.417. The standard InChI is InChI=1S/C12H14O3/c1-7-4-8-10(14)6-12(2,3)15-11(8)5-9(7)13/h4-5,13H,6H2,1-3H3. The molecular formula is C12H14O3. The van der Waals surface area contributed by atoms with Crippen molar-refractivity contribution < 1.29 is 14.6 Å². The van der Waals surface area contributed by atoms with Crippen LogP contribution in [0.15, 0.2) is 12.1 Å². The first-order valence-electron chi connectivity index (χ1n) is 4.95. The topological polar surface area (TPSA) is 46.5 Å². The average molecular weight is 206 g/mol. The quantitative estimate of drug-likeness (QED) is 0.709. The Morgan fingerprint density at radius 2 is 2.07 bits per heavy atom. The number of phenolic OH excluding ortho intramolecular Hbond substituents is 1. The number of aromatic hydroxyl groups is 1. The SMILES string of the molecule is Cc1cc2c(cc1O)OC(C)(C)CC2=O. The molecule has 0 amide bonds. The molecule has 0 aromatic heterocycles. The van der Waals surface area contributed by atoms with Crippen molar-refractivity contribution in [2.45, 2.75) is 32.8 Å². The van der Waals surface area contributed by atoms with Crippen LogP contribution in [0.5, 0.6) is 11.5 Å². The number of carbonyl (C=O) groups is 1. The lowest BCUT2D eigenvalue weighted by Crippen LogP contribution is -2.35. The van der Waals surface area contributed by atoms with Gasteiger partial charge in [0.05, 0.1) is 12.0 Å². The van der Waals surface area contributed by atoms with E-state index in [1.165, 1.54) is 6.07 Å². The maximum atomic E-state index is 11.8. The van der Waals surface area contributed by atoms with Crippen LogP contribution in [-0.4, -0.2) is 16.5 Å². The van der Waals surface area contributed by atoms with Gasteiger partial charge < -0.3 is 9.84 Å². The highest BCUT2D eigenvalue weighted by Crippen LogP contribution is 2.36. The van der Waals surface area contributed by atoms with E-state index in [0.29, 0.717) is 23.3 Å². The molecule has 80 valence electrons. The number of benzene rings is 1. The maximum absolute atomic E-state index is 11.8. The van der Waals surface area contributed by atoms with Crippen LogP contribution in [0.4, 0.5) is 0 Å². The summed E-state index contributed by atoms with van der Waals surface area (Å²) in [5.74, 6) is 0.725. The van der Waals surface area contributed by atoms with E-state index >= 15 is 0 Å². The lowest BCUT2D eigenvalue weighted by molar-refractivity contribution is 0.0618. The predicted octanol–water partition coefficient (Wildman–Crippen LogP) is 2.44. The van der Waals surface area contributed by atoms with Crippen LogP contribution in [0, 0.1) is 6.92 Å². The number of hydrogen-bond acceptors (Lipinski definition) is 3. The summed E-state index contributed by atoms with van der Waals surface area (Å²) >= 11 is 0. The highest BCUT2D eigenvalue weighted by atomic mass is 16.5. The Balaban J connectivity index is 2.56. The van der Waals surface area contributed by atoms with Crippen molar-refractivity contribution in [2.24, 2.45) is 0 Å². The van der Waals surface area contributed by atoms with Crippen LogP contribution < -0.4 is 4.74 Å². The third kappa shape index (κ3) is 1.69. The van der Waals surface area contributed by atoms with Gasteiger partial charge in [-0.3, -0.25) is 4.79 Å². The van der Waals surface area contributed by atoms with E-state index in [9.17, 15) is 9.90 Å². The number of aryl methyl sites for hydroxylation is 1. The number of Topliss-reactive ketones (excluding diaryl/α,β-unsaturated/α-hetero) is 1. The van der Waals surface area contributed by atoms with Crippen molar-refractivity contribution in [2.75, 3.05) is 0 Å². The Morgan fingerprint density at radius 1 is 1.40 bits per heavy atom. The fourth-order valence-corrected chi connectivity index (χ4v) is 1.80. The zero-order chi connectivity index (χ0) is 11.2. The molecule has 1 aliphatic rings. The first-order chi connectivity index (χ1) is 6.89. The maximum Gasteiger partial charge on any atom is 0.170 e. The second-order valence-corrected chi connectivity index (χ2v) is 4.60. The van der Waals surface area contributed by atoms with E-state index in [4.69, 9.17) is 4.74 Å². The van der Waals surface area contributed by atoms with Crippen LogP contribution in [0.1, 0.15) is 36.2 Å². The molecule has 1 heterocycles. The predicted molar refractivity (Wildman–Crippen MR) is 56.5 cm³/mol. The summed E-state index contributed by atoms with van der Waals surface area (Å²) in [5.41, 5.74) is 0.793. The molecule has 0 aliphatic carbocycles. The minimum absolute atomic E-state index is 0.0735. The number of rotatable bonds is 0. The monoisotopic (exact) mass is 206 g/mol. The third-order valence-corrected chi connectivity index (χ3v) is 2.57. The number of phenols is 1. The molecule has 2 rings (SSSR count). The Labute approximate surface area is 88.7 Å². The van der Waals surface area contributed by atoms with Gasteiger partial charge in [0.15, 0.2) is 5.78 Å². The average Bonchev–Trinajstić information content (AvgIpc) is 2.07. The summed E-state index contributed by atoms with van der Waals surface area (Å²) in [6.07, 6.45) is 0.379. The minimum atomic E-state index is -0.480. The summed E-state index contributed by atoms with van der Waals surface area (Å²) in [6, 6.07) is 3.20. The molecule has 0 bridgehead atoms. The minimum Gasteiger partial charge on any atom is -0.508 e. The van der Waals surface area contributed by atoms with Gasteiger partial charge in [0.1, 0.15) is 17.1 Å². The summed E-state index contributed by atoms with van der Waals surface area (Å²) in [7, 11) is 0. The number of ether oxygens (including phenoxy) is 1. The van der Waals surface area contributed by atoms with E-state index in [2.05, 4.69) is 0 Å². The number of fused-ring (bicyclic) bond motifs is 1. The van der Waals surface area contributed by atoms with Gasteiger partial charge in [-0.25, -0.2) is 0 Å². The molecule has 0 atom stereocenters. The molecule has 0 saturated heterocycles. The van der Waals surface area contributed by atoms with Crippen molar-refractivity contribution in [1.29, 1.82) is 0 Å². The first-order valence-corrected chi connectivity index (χ1v) is 4.95. The molecule has 0 radical (unpaired) electrons. The van der Waals surface area contributed by atoms with Gasteiger partial charge in [0.2, 0.25) is 0 Å². The van der Waals surface area contributed by atoms with Crippen molar-refractivity contribution in [3.8, 4) is 11.5 Å². The smallest absolute Gasteiger partial charge is 0.170 e. The Morgan fingerprint density at radius 3 is 2.73 bits per heavy atom. The van der Waals surface area contributed by atoms with Crippen LogP contribution in [-0.2, 0) is 0 Å². The second kappa shape index (κ2) is 2.99. The van der Waals surface area contributed by atoms with Crippen molar-refractivity contribution >= 4 is 5.78 Å². The third-order valence-electron chi connectivity index (χ3n) is 2.57. The number of hydrogen-bond donors (Lipinski definition) is 1. The number of ketones is 1. The van der Waals surface area contributed by atoms with Crippen LogP contribution in [0.3, 0.4) is 0 Å². The van der Waals surface area contributed by atoms with Crippen LogP contribution >= 0.6 is 0 Å². The molecule has 15 heavy (non-hydrogen) atoms. The van der Waals surface area contributed by atoms with Gasteiger partial charge in [-0.2, -0.15) is 0 Å². The summed E-state index contributed by atoms with van der Waals surface area (Å²) in [6.45, 7) is 5.50. The molecule has 1 aromatic rings. The molecule has 0 fully saturated rings. The highest BCUT2D eigenvalue weighted by Gasteiger charge is 2.32. The summed E-state index contributed by atoms with van der Waals surface area (Å²) in [5, 5.41) is 9.54. The van der Waals surface area contributed by atoms with Crippen molar-refractivity contribution in [3.63, 3.8) is 0 Å². The molecule has 1 aliphatic heterocycles. The van der Waals surface area contributed by atoms with E-state index < -0.39 is 5.60 Å². The van der Waals surface area contributed by atoms with Gasteiger partial charge in [0.25, 0.3) is 0 Å². The molecule has 3 heteroatoms. The Bertz CT molecular complexity index is 433. The lowest BCUT2D eigenvalue weighted by Gasteiger charge is -2.31. The van der Waals surface area contributed by atoms with Gasteiger partial charge >= 0.3 is 0 Å². The Hall–Kier alpha value is -1.51. The van der Waals surface area contributed by atoms with Crippen LogP contribution in [0.25, 0.3) is 0 Å². The fourth-order valence-electron chi connectivity index (χ4n) is 1.80. The molecule has 0 unspecified atom stereocenters. The van der Waals surface area contributed by atoms with Crippen LogP contribution in [0.2, 0.25) is 0 Å². The second-order valence-electron chi connectivity index (χ2n) is 4.60. The van der Waals surface area contributed by atoms with E-state index in [-0.39, 0.29) is 11.5 Å². The molecule has 1 aromatic carbocycles. The lowest BCUT2D eigenvalue weighted by atomic mass is 9.92. The summed E-state index contributed by atoms with van der Waals surface area (Å²) < 4.78 is 5.64. The summed E-state index contributed by atoms with van der Waals surface area (Å²) in [4.78, 5) is 11.8. The molecule has 0 spiro atoms. The van der Waals surface area contributed by atoms with Crippen molar-refractivity contribution in [3.05, 3.63) is 23.3 Å². The zero-order valence-corrected chi connectivity index (χ0v) is 9.13. The largest absolute Gasteiger partial charge is 0.508 e. The van der Waals surface area contributed by atoms with Gasteiger partial charge in [-0.15, -0.1) is 0 Å². The van der Waals surface area contributed by atoms with E-state index in [1.807, 2.05) is 13.8 Å². The van der Waals surface area contributed by atoms with Gasteiger partial charge in [-0.05, 0) is 32.4 Å². The molecule has 3 nitrogen and oxygen atoms in total. The van der Waals surface area contributed by atoms with E-state index in [0.717, 1.165) is 0 Å². The van der Waals surface area contributed by atoms with Crippen molar-refractivity contribution in [1.82, 2.24) is 0 Å². The zero-order valence-electron chi connectivity index (χ0n) is 9.13. The Kier molecular flexibility index (Phi) is 2.00. The normalized spacial score (nSPS) is 18.2. The van der Waals surface area contributed by atoms with Gasteiger partial charge in [0, 0.05) is 6.07 Å². The number of carbonyl (C=O) groups excluding carboxylic acids is 1. The highest BCUT2D eigenvalue weighted by molar-refractivity contribution is 6.00. The first kappa shape index (κ1) is 10.0. The van der Waals surface area contributed by atoms with Gasteiger partial charge in [-0.1, -0.05) is 0 Å². The molecule has 1 N–H and O–H groups in total.